The van der Waals surface area contributed by atoms with Gasteiger partial charge >= 0.3 is 5.97 Å². The van der Waals surface area contributed by atoms with E-state index in [1.807, 2.05) is 11.4 Å². The number of thiophene rings is 1. The molecule has 1 aromatic rings. The fraction of sp³-hybridized carbons (Fsp3) is 0.500. The fourth-order valence-corrected chi connectivity index (χ4v) is 2.26. The summed E-state index contributed by atoms with van der Waals surface area (Å²) in [6.07, 6.45) is 1.23. The molecule has 1 heterocycles. The molecule has 0 aliphatic heterocycles. The zero-order valence-electron chi connectivity index (χ0n) is 11.5. The maximum atomic E-state index is 11.7. The van der Waals surface area contributed by atoms with Crippen LogP contribution in [0.5, 0.6) is 0 Å². The van der Waals surface area contributed by atoms with E-state index in [0.717, 1.165) is 0 Å². The average Bonchev–Trinajstić information content (AvgIpc) is 2.95. The minimum Gasteiger partial charge on any atom is -0.466 e. The highest BCUT2D eigenvalue weighted by molar-refractivity contribution is 7.12. The number of hydrogen-bond donors (Lipinski definition) is 1. The number of carbonyl (C=O) groups excluding carboxylic acids is 3. The Morgan fingerprint density at radius 2 is 2.05 bits per heavy atom. The highest BCUT2D eigenvalue weighted by Crippen LogP contribution is 2.12. The summed E-state index contributed by atoms with van der Waals surface area (Å²) in [5, 5.41) is 4.52. The first-order chi connectivity index (χ1) is 9.63. The first-order valence-electron chi connectivity index (χ1n) is 6.62. The van der Waals surface area contributed by atoms with E-state index in [9.17, 15) is 14.4 Å². The van der Waals surface area contributed by atoms with Crippen molar-refractivity contribution >= 4 is 29.0 Å². The van der Waals surface area contributed by atoms with E-state index >= 15 is 0 Å². The molecule has 0 fully saturated rings. The quantitative estimate of drug-likeness (QED) is 0.431. The topological polar surface area (TPSA) is 72.5 Å². The third-order valence-corrected chi connectivity index (χ3v) is 3.47. The fourth-order valence-electron chi connectivity index (χ4n) is 1.57. The highest BCUT2D eigenvalue weighted by atomic mass is 32.1. The van der Waals surface area contributed by atoms with Gasteiger partial charge in [-0.1, -0.05) is 6.07 Å². The summed E-state index contributed by atoms with van der Waals surface area (Å²) in [5.41, 5.74) is 0. The van der Waals surface area contributed by atoms with Crippen LogP contribution in [0.3, 0.4) is 0 Å². The van der Waals surface area contributed by atoms with Crippen LogP contribution < -0.4 is 5.32 Å². The number of ketones is 1. The summed E-state index contributed by atoms with van der Waals surface area (Å²) < 4.78 is 4.77. The number of hydrogen-bond acceptors (Lipinski definition) is 5. The normalized spacial score (nSPS) is 10.1. The van der Waals surface area contributed by atoms with Gasteiger partial charge < -0.3 is 10.1 Å². The lowest BCUT2D eigenvalue weighted by Gasteiger charge is -2.04. The number of amides is 1. The van der Waals surface area contributed by atoms with E-state index in [1.165, 1.54) is 11.3 Å². The van der Waals surface area contributed by atoms with Crippen molar-refractivity contribution in [3.05, 3.63) is 22.4 Å². The van der Waals surface area contributed by atoms with E-state index in [2.05, 4.69) is 5.32 Å². The van der Waals surface area contributed by atoms with Crippen molar-refractivity contribution in [1.82, 2.24) is 5.32 Å². The largest absolute Gasteiger partial charge is 0.466 e. The van der Waals surface area contributed by atoms with Crippen LogP contribution in [0.4, 0.5) is 0 Å². The molecule has 1 aromatic heterocycles. The number of ether oxygens (including phenoxy) is 1. The molecule has 110 valence electrons. The second-order valence-corrected chi connectivity index (χ2v) is 5.11. The van der Waals surface area contributed by atoms with Crippen molar-refractivity contribution in [2.45, 2.75) is 32.6 Å². The summed E-state index contributed by atoms with van der Waals surface area (Å²) in [4.78, 5) is 34.9. The molecule has 1 N–H and O–H groups in total. The Labute approximate surface area is 122 Å². The molecule has 0 bridgehead atoms. The molecule has 0 aliphatic rings. The van der Waals surface area contributed by atoms with Crippen LogP contribution in [0, 0.1) is 0 Å². The molecule has 6 heteroatoms. The minimum absolute atomic E-state index is 0.0123. The Kier molecular flexibility index (Phi) is 7.57. The van der Waals surface area contributed by atoms with E-state index in [1.54, 1.807) is 13.0 Å². The van der Waals surface area contributed by atoms with E-state index < -0.39 is 0 Å². The maximum Gasteiger partial charge on any atom is 0.305 e. The molecule has 0 aromatic carbocycles. The molecule has 20 heavy (non-hydrogen) atoms. The molecule has 0 saturated heterocycles. The molecular weight excluding hydrogens is 278 g/mol. The summed E-state index contributed by atoms with van der Waals surface area (Å²) >= 11 is 1.38. The van der Waals surface area contributed by atoms with Crippen molar-refractivity contribution in [3.63, 3.8) is 0 Å². The summed E-state index contributed by atoms with van der Waals surface area (Å²) in [6, 6.07) is 3.57. The van der Waals surface area contributed by atoms with Gasteiger partial charge in [0, 0.05) is 25.8 Å². The van der Waals surface area contributed by atoms with Crippen LogP contribution in [-0.2, 0) is 14.3 Å². The second kappa shape index (κ2) is 9.25. The van der Waals surface area contributed by atoms with E-state index in [4.69, 9.17) is 4.74 Å². The Balaban J connectivity index is 2.09. The lowest BCUT2D eigenvalue weighted by atomic mass is 10.2. The lowest BCUT2D eigenvalue weighted by Crippen LogP contribution is -2.25. The molecular formula is C14H19NO4S. The van der Waals surface area contributed by atoms with Gasteiger partial charge in [0.1, 0.15) is 0 Å². The van der Waals surface area contributed by atoms with Gasteiger partial charge in [-0.15, -0.1) is 11.3 Å². The Hall–Kier alpha value is -1.69. The van der Waals surface area contributed by atoms with Crippen molar-refractivity contribution in [1.29, 1.82) is 0 Å². The number of carbonyl (C=O) groups is 3. The van der Waals surface area contributed by atoms with Crippen LogP contribution in [0.2, 0.25) is 0 Å². The van der Waals surface area contributed by atoms with Gasteiger partial charge in [0.25, 0.3) is 0 Å². The van der Waals surface area contributed by atoms with Gasteiger partial charge in [-0.25, -0.2) is 0 Å². The van der Waals surface area contributed by atoms with E-state index in [0.29, 0.717) is 30.9 Å². The molecule has 0 saturated carbocycles. The monoisotopic (exact) mass is 297 g/mol. The molecule has 0 aliphatic carbocycles. The van der Waals surface area contributed by atoms with Crippen LogP contribution in [0.1, 0.15) is 42.3 Å². The lowest BCUT2D eigenvalue weighted by molar-refractivity contribution is -0.143. The standard InChI is InChI=1S/C14H19NO4S/c1-2-19-14(18)6-3-9-15-13(17)8-7-11(16)12-5-4-10-20-12/h4-5,10H,2-3,6-9H2,1H3,(H,15,17). The van der Waals surface area contributed by atoms with Crippen molar-refractivity contribution < 1.29 is 19.1 Å². The van der Waals surface area contributed by atoms with Crippen LogP contribution >= 0.6 is 11.3 Å². The predicted octanol–water partition coefficient (Wildman–Crippen LogP) is 2.17. The molecule has 0 spiro atoms. The highest BCUT2D eigenvalue weighted by Gasteiger charge is 2.10. The zero-order valence-corrected chi connectivity index (χ0v) is 12.3. The van der Waals surface area contributed by atoms with Crippen LogP contribution in [-0.4, -0.2) is 30.8 Å². The SMILES string of the molecule is CCOC(=O)CCCNC(=O)CCC(=O)c1cccs1. The number of Topliss-reactive ketones (excluding diaryl/α,β-unsaturated/α-hetero) is 1. The number of esters is 1. The van der Waals surface area contributed by atoms with Gasteiger partial charge in [0.15, 0.2) is 5.78 Å². The van der Waals surface area contributed by atoms with Crippen molar-refractivity contribution in [2.24, 2.45) is 0 Å². The molecule has 1 amide bonds. The van der Waals surface area contributed by atoms with Gasteiger partial charge in [-0.2, -0.15) is 0 Å². The molecule has 0 unspecified atom stereocenters. The maximum absolute atomic E-state index is 11.7. The average molecular weight is 297 g/mol. The third kappa shape index (κ3) is 6.47. The first-order valence-corrected chi connectivity index (χ1v) is 7.50. The molecule has 0 radical (unpaired) electrons. The van der Waals surface area contributed by atoms with Gasteiger partial charge in [-0.3, -0.25) is 14.4 Å². The minimum atomic E-state index is -0.255. The van der Waals surface area contributed by atoms with Crippen molar-refractivity contribution in [3.8, 4) is 0 Å². The Morgan fingerprint density at radius 1 is 1.25 bits per heavy atom. The Morgan fingerprint density at radius 3 is 2.70 bits per heavy atom. The third-order valence-electron chi connectivity index (χ3n) is 2.56. The zero-order chi connectivity index (χ0) is 14.8. The molecule has 5 nitrogen and oxygen atoms in total. The van der Waals surface area contributed by atoms with Crippen molar-refractivity contribution in [2.75, 3.05) is 13.2 Å². The second-order valence-electron chi connectivity index (χ2n) is 4.16. The van der Waals surface area contributed by atoms with E-state index in [-0.39, 0.29) is 30.5 Å². The molecule has 0 atom stereocenters. The van der Waals surface area contributed by atoms with Crippen LogP contribution in [0.15, 0.2) is 17.5 Å². The van der Waals surface area contributed by atoms with Gasteiger partial charge in [0.2, 0.25) is 5.91 Å². The predicted molar refractivity (Wildman–Crippen MR) is 76.8 cm³/mol. The summed E-state index contributed by atoms with van der Waals surface area (Å²) in [6.45, 7) is 2.55. The summed E-state index contributed by atoms with van der Waals surface area (Å²) in [7, 11) is 0. The van der Waals surface area contributed by atoms with Gasteiger partial charge in [-0.05, 0) is 24.8 Å². The molecule has 1 rings (SSSR count). The number of nitrogens with one attached hydrogen (secondary N) is 1. The van der Waals surface area contributed by atoms with Gasteiger partial charge in [0.05, 0.1) is 11.5 Å². The van der Waals surface area contributed by atoms with Crippen LogP contribution in [0.25, 0.3) is 0 Å². The number of rotatable bonds is 9. The first kappa shape index (κ1) is 16.4. The Bertz CT molecular complexity index is 442. The smallest absolute Gasteiger partial charge is 0.305 e. The summed E-state index contributed by atoms with van der Waals surface area (Å²) in [5.74, 6) is -0.435.